The molecular formula is C10H11BrN2O2. The highest BCUT2D eigenvalue weighted by atomic mass is 79.9. The van der Waals surface area contributed by atoms with Crippen LogP contribution in [0.1, 0.15) is 16.8 Å². The Bertz CT molecular complexity index is 364. The number of nitrogens with zero attached hydrogens (tertiary/aromatic N) is 1. The lowest BCUT2D eigenvalue weighted by molar-refractivity contribution is 0.0929. The van der Waals surface area contributed by atoms with E-state index < -0.39 is 0 Å². The molecule has 4 nitrogen and oxygen atoms in total. The number of rotatable bonds is 2. The number of ether oxygens (including phenoxy) is 1. The molecule has 5 heteroatoms. The van der Waals surface area contributed by atoms with Crippen LogP contribution in [0.3, 0.4) is 0 Å². The van der Waals surface area contributed by atoms with Gasteiger partial charge in [0.05, 0.1) is 12.6 Å². The first-order chi connectivity index (χ1) is 7.25. The zero-order valence-electron chi connectivity index (χ0n) is 8.07. The Balaban J connectivity index is 2.01. The molecule has 0 spiro atoms. The van der Waals surface area contributed by atoms with Crippen LogP contribution in [0.25, 0.3) is 0 Å². The quantitative estimate of drug-likeness (QED) is 0.826. The van der Waals surface area contributed by atoms with E-state index >= 15 is 0 Å². The summed E-state index contributed by atoms with van der Waals surface area (Å²) in [7, 11) is 0. The fourth-order valence-electron chi connectivity index (χ4n) is 1.46. The third kappa shape index (κ3) is 2.76. The molecule has 1 fully saturated rings. The predicted molar refractivity (Wildman–Crippen MR) is 58.6 cm³/mol. The molecular weight excluding hydrogens is 260 g/mol. The number of aromatic nitrogens is 1. The Morgan fingerprint density at radius 2 is 2.53 bits per heavy atom. The van der Waals surface area contributed by atoms with Crippen LogP contribution in [0, 0.1) is 0 Å². The molecule has 0 saturated carbocycles. The number of carbonyl (C=O) groups excluding carboxylic acids is 1. The van der Waals surface area contributed by atoms with Gasteiger partial charge in [0.1, 0.15) is 4.60 Å². The lowest BCUT2D eigenvalue weighted by Crippen LogP contribution is -2.34. The molecule has 2 heterocycles. The van der Waals surface area contributed by atoms with Gasteiger partial charge in [0, 0.05) is 18.4 Å². The molecule has 1 aromatic rings. The Morgan fingerprint density at radius 1 is 1.67 bits per heavy atom. The van der Waals surface area contributed by atoms with E-state index in [2.05, 4.69) is 26.2 Å². The molecule has 0 aromatic carbocycles. The summed E-state index contributed by atoms with van der Waals surface area (Å²) in [4.78, 5) is 15.7. The van der Waals surface area contributed by atoms with E-state index in [0.717, 1.165) is 13.0 Å². The van der Waals surface area contributed by atoms with Crippen LogP contribution in [0.4, 0.5) is 0 Å². The Hall–Kier alpha value is -0.940. The summed E-state index contributed by atoms with van der Waals surface area (Å²) < 4.78 is 5.85. The van der Waals surface area contributed by atoms with Crippen LogP contribution in [0.2, 0.25) is 0 Å². The van der Waals surface area contributed by atoms with Gasteiger partial charge in [-0.15, -0.1) is 0 Å². The fraction of sp³-hybridized carbons (Fsp3) is 0.400. The van der Waals surface area contributed by atoms with Crippen molar-refractivity contribution in [3.8, 4) is 0 Å². The molecule has 0 aliphatic carbocycles. The third-order valence-corrected chi connectivity index (χ3v) is 2.69. The van der Waals surface area contributed by atoms with Gasteiger partial charge in [-0.1, -0.05) is 0 Å². The summed E-state index contributed by atoms with van der Waals surface area (Å²) in [5.41, 5.74) is 0.615. The Morgan fingerprint density at radius 3 is 3.20 bits per heavy atom. The number of hydrogen-bond acceptors (Lipinski definition) is 3. The summed E-state index contributed by atoms with van der Waals surface area (Å²) in [5.74, 6) is -0.0754. The minimum atomic E-state index is -0.0754. The molecule has 1 atom stereocenters. The zero-order valence-corrected chi connectivity index (χ0v) is 9.66. The molecule has 1 amide bonds. The highest BCUT2D eigenvalue weighted by Crippen LogP contribution is 2.09. The summed E-state index contributed by atoms with van der Waals surface area (Å²) in [6.45, 7) is 1.34. The first-order valence-corrected chi connectivity index (χ1v) is 5.55. The summed E-state index contributed by atoms with van der Waals surface area (Å²) in [6, 6.07) is 3.53. The van der Waals surface area contributed by atoms with Crippen molar-refractivity contribution >= 4 is 21.8 Å². The maximum atomic E-state index is 11.7. The van der Waals surface area contributed by atoms with E-state index in [4.69, 9.17) is 4.74 Å². The molecule has 1 aliphatic rings. The van der Waals surface area contributed by atoms with Crippen molar-refractivity contribution in [1.29, 1.82) is 0 Å². The van der Waals surface area contributed by atoms with Gasteiger partial charge in [0.2, 0.25) is 0 Å². The van der Waals surface area contributed by atoms with Crippen molar-refractivity contribution < 1.29 is 9.53 Å². The van der Waals surface area contributed by atoms with Gasteiger partial charge in [-0.3, -0.25) is 4.79 Å². The van der Waals surface area contributed by atoms with Crippen LogP contribution in [0.15, 0.2) is 22.9 Å². The van der Waals surface area contributed by atoms with Crippen molar-refractivity contribution in [3.63, 3.8) is 0 Å². The number of carbonyl (C=O) groups is 1. The SMILES string of the molecule is O=C(NC1CCOC1)c1ccnc(Br)c1. The Kier molecular flexibility index (Phi) is 3.33. The van der Waals surface area contributed by atoms with Crippen LogP contribution < -0.4 is 5.32 Å². The van der Waals surface area contributed by atoms with E-state index in [1.807, 2.05) is 0 Å². The lowest BCUT2D eigenvalue weighted by Gasteiger charge is -2.10. The number of amides is 1. The lowest BCUT2D eigenvalue weighted by atomic mass is 10.2. The van der Waals surface area contributed by atoms with E-state index in [9.17, 15) is 4.79 Å². The molecule has 80 valence electrons. The highest BCUT2D eigenvalue weighted by Gasteiger charge is 2.18. The maximum absolute atomic E-state index is 11.7. The van der Waals surface area contributed by atoms with Crippen molar-refractivity contribution in [2.24, 2.45) is 0 Å². The van der Waals surface area contributed by atoms with Crippen LogP contribution in [-0.2, 0) is 4.74 Å². The molecule has 1 aliphatic heterocycles. The van der Waals surface area contributed by atoms with Gasteiger partial charge < -0.3 is 10.1 Å². The second-order valence-electron chi connectivity index (χ2n) is 3.40. The van der Waals surface area contributed by atoms with Crippen LogP contribution >= 0.6 is 15.9 Å². The van der Waals surface area contributed by atoms with Crippen LogP contribution in [-0.4, -0.2) is 30.1 Å². The second kappa shape index (κ2) is 4.72. The number of hydrogen-bond donors (Lipinski definition) is 1. The van der Waals surface area contributed by atoms with Gasteiger partial charge in [-0.05, 0) is 34.5 Å². The van der Waals surface area contributed by atoms with Crippen molar-refractivity contribution in [1.82, 2.24) is 10.3 Å². The summed E-state index contributed by atoms with van der Waals surface area (Å²) in [5, 5.41) is 2.91. The smallest absolute Gasteiger partial charge is 0.251 e. The predicted octanol–water partition coefficient (Wildman–Crippen LogP) is 1.36. The minimum Gasteiger partial charge on any atom is -0.379 e. The molecule has 0 radical (unpaired) electrons. The average Bonchev–Trinajstić information content (AvgIpc) is 2.70. The molecule has 1 N–H and O–H groups in total. The van der Waals surface area contributed by atoms with Crippen LogP contribution in [0.5, 0.6) is 0 Å². The number of halogens is 1. The molecule has 15 heavy (non-hydrogen) atoms. The van der Waals surface area contributed by atoms with Gasteiger partial charge in [0.15, 0.2) is 0 Å². The first kappa shape index (κ1) is 10.6. The first-order valence-electron chi connectivity index (χ1n) is 4.76. The highest BCUT2D eigenvalue weighted by molar-refractivity contribution is 9.10. The second-order valence-corrected chi connectivity index (χ2v) is 4.21. The van der Waals surface area contributed by atoms with E-state index in [1.165, 1.54) is 0 Å². The summed E-state index contributed by atoms with van der Waals surface area (Å²) >= 11 is 3.23. The van der Waals surface area contributed by atoms with E-state index in [1.54, 1.807) is 18.3 Å². The topological polar surface area (TPSA) is 51.2 Å². The number of pyridine rings is 1. The fourth-order valence-corrected chi connectivity index (χ4v) is 1.83. The van der Waals surface area contributed by atoms with E-state index in [0.29, 0.717) is 16.8 Å². The average molecular weight is 271 g/mol. The van der Waals surface area contributed by atoms with Gasteiger partial charge in [-0.25, -0.2) is 4.98 Å². The summed E-state index contributed by atoms with van der Waals surface area (Å²) in [6.07, 6.45) is 2.49. The molecule has 1 aromatic heterocycles. The van der Waals surface area contributed by atoms with Crippen molar-refractivity contribution in [2.45, 2.75) is 12.5 Å². The largest absolute Gasteiger partial charge is 0.379 e. The van der Waals surface area contributed by atoms with Gasteiger partial charge >= 0.3 is 0 Å². The normalized spacial score (nSPS) is 20.2. The standard InChI is InChI=1S/C10H11BrN2O2/c11-9-5-7(1-3-12-9)10(14)13-8-2-4-15-6-8/h1,3,5,8H,2,4,6H2,(H,13,14). The maximum Gasteiger partial charge on any atom is 0.251 e. The van der Waals surface area contributed by atoms with Crippen molar-refractivity contribution in [2.75, 3.05) is 13.2 Å². The third-order valence-electron chi connectivity index (χ3n) is 2.25. The molecule has 1 saturated heterocycles. The zero-order chi connectivity index (χ0) is 10.7. The monoisotopic (exact) mass is 270 g/mol. The molecule has 1 unspecified atom stereocenters. The van der Waals surface area contributed by atoms with Gasteiger partial charge in [-0.2, -0.15) is 0 Å². The Labute approximate surface area is 96.2 Å². The van der Waals surface area contributed by atoms with E-state index in [-0.39, 0.29) is 11.9 Å². The molecule has 2 rings (SSSR count). The molecule has 0 bridgehead atoms. The van der Waals surface area contributed by atoms with Crippen molar-refractivity contribution in [3.05, 3.63) is 28.5 Å². The minimum absolute atomic E-state index is 0.0754. The van der Waals surface area contributed by atoms with Gasteiger partial charge in [0.25, 0.3) is 5.91 Å². The number of nitrogens with one attached hydrogen (secondary N) is 1.